The summed E-state index contributed by atoms with van der Waals surface area (Å²) in [5.41, 5.74) is 1.67. The Kier molecular flexibility index (Phi) is 7.05. The number of nitrogens with zero attached hydrogens (tertiary/aromatic N) is 1. The predicted octanol–water partition coefficient (Wildman–Crippen LogP) is 5.91. The van der Waals surface area contributed by atoms with Crippen molar-refractivity contribution in [2.24, 2.45) is 0 Å². The van der Waals surface area contributed by atoms with Gasteiger partial charge in [0.05, 0.1) is 16.5 Å². The molecule has 1 heterocycles. The number of thioether (sulfide) groups is 1. The van der Waals surface area contributed by atoms with E-state index in [0.717, 1.165) is 22.2 Å². The van der Waals surface area contributed by atoms with Gasteiger partial charge in [-0.25, -0.2) is 0 Å². The number of imide groups is 1. The van der Waals surface area contributed by atoms with Gasteiger partial charge in [-0.15, -0.1) is 6.58 Å². The number of amides is 2. The molecule has 8 heteroatoms. The first-order valence-electron chi connectivity index (χ1n) is 8.54. The van der Waals surface area contributed by atoms with Crippen LogP contribution in [0.2, 0.25) is 5.02 Å². The third-order valence-electron chi connectivity index (χ3n) is 4.03. The van der Waals surface area contributed by atoms with Crippen LogP contribution in [-0.2, 0) is 11.4 Å². The largest absolute Gasteiger partial charge is 0.493 e. The average Bonchev–Trinajstić information content (AvgIpc) is 2.96. The molecule has 2 amide bonds. The molecule has 0 aromatic heterocycles. The lowest BCUT2D eigenvalue weighted by molar-refractivity contribution is -0.122. The third kappa shape index (κ3) is 5.04. The summed E-state index contributed by atoms with van der Waals surface area (Å²) in [6.07, 6.45) is 3.18. The molecule has 1 fully saturated rings. The summed E-state index contributed by atoms with van der Waals surface area (Å²) in [4.78, 5) is 25.9. The van der Waals surface area contributed by atoms with E-state index in [4.69, 9.17) is 21.1 Å². The fraction of sp³-hybridized carbons (Fsp3) is 0.143. The quantitative estimate of drug-likeness (QED) is 0.354. The molecule has 1 saturated heterocycles. The lowest BCUT2D eigenvalue weighted by Gasteiger charge is -2.14. The lowest BCUT2D eigenvalue weighted by atomic mass is 10.1. The molecule has 0 unspecified atom stereocenters. The summed E-state index contributed by atoms with van der Waals surface area (Å²) in [6, 6.07) is 10.9. The van der Waals surface area contributed by atoms with Crippen LogP contribution in [0.4, 0.5) is 4.79 Å². The molecule has 2 aromatic rings. The summed E-state index contributed by atoms with van der Waals surface area (Å²) in [5, 5.41) is 0.351. The van der Waals surface area contributed by atoms with E-state index >= 15 is 0 Å². The van der Waals surface area contributed by atoms with Crippen molar-refractivity contribution in [3.8, 4) is 11.5 Å². The van der Waals surface area contributed by atoms with E-state index in [9.17, 15) is 9.59 Å². The molecule has 150 valence electrons. The maximum absolute atomic E-state index is 12.4. The monoisotopic (exact) mass is 493 g/mol. The van der Waals surface area contributed by atoms with Crippen molar-refractivity contribution >= 4 is 56.5 Å². The molecular formula is C21H17BrClNO4S. The van der Waals surface area contributed by atoms with Gasteiger partial charge in [-0.05, 0) is 69.2 Å². The van der Waals surface area contributed by atoms with E-state index in [-0.39, 0.29) is 17.7 Å². The number of benzene rings is 2. The highest BCUT2D eigenvalue weighted by Gasteiger charge is 2.34. The predicted molar refractivity (Wildman–Crippen MR) is 119 cm³/mol. The van der Waals surface area contributed by atoms with E-state index in [1.807, 2.05) is 12.1 Å². The Morgan fingerprint density at radius 3 is 2.62 bits per heavy atom. The number of hydrogen-bond donors (Lipinski definition) is 0. The summed E-state index contributed by atoms with van der Waals surface area (Å²) in [7, 11) is 1.54. The molecule has 1 aliphatic rings. The fourth-order valence-corrected chi connectivity index (χ4v) is 4.19. The molecule has 5 nitrogen and oxygen atoms in total. The molecule has 1 aliphatic heterocycles. The molecule has 0 aliphatic carbocycles. The van der Waals surface area contributed by atoms with E-state index in [1.54, 1.807) is 37.5 Å². The zero-order valence-corrected chi connectivity index (χ0v) is 18.6. The second-order valence-corrected chi connectivity index (χ2v) is 8.31. The molecule has 0 radical (unpaired) electrons. The SMILES string of the molecule is C=CCN1C(=O)S/C(=C/c2cc(Br)c(OCc3ccc(Cl)cc3)c(OC)c2)C1=O. The summed E-state index contributed by atoms with van der Waals surface area (Å²) in [6.45, 7) is 4.10. The van der Waals surface area contributed by atoms with Gasteiger partial charge < -0.3 is 9.47 Å². The fourth-order valence-electron chi connectivity index (χ4n) is 2.64. The van der Waals surface area contributed by atoms with Crippen molar-refractivity contribution < 1.29 is 19.1 Å². The van der Waals surface area contributed by atoms with Crippen LogP contribution >= 0.6 is 39.3 Å². The number of methoxy groups -OCH3 is 1. The first-order valence-corrected chi connectivity index (χ1v) is 10.5. The van der Waals surface area contributed by atoms with Crippen molar-refractivity contribution in [3.05, 3.63) is 74.6 Å². The minimum Gasteiger partial charge on any atom is -0.493 e. The second-order valence-electron chi connectivity index (χ2n) is 6.03. The lowest BCUT2D eigenvalue weighted by Crippen LogP contribution is -2.27. The Hall–Kier alpha value is -2.22. The minimum absolute atomic E-state index is 0.187. The van der Waals surface area contributed by atoms with Gasteiger partial charge in [0.2, 0.25) is 0 Å². The number of carbonyl (C=O) groups is 2. The van der Waals surface area contributed by atoms with Crippen LogP contribution in [-0.4, -0.2) is 29.7 Å². The summed E-state index contributed by atoms with van der Waals surface area (Å²) < 4.78 is 12.0. The molecule has 0 N–H and O–H groups in total. The standard InChI is InChI=1S/C21H17BrClNO4S/c1-3-8-24-20(25)18(29-21(24)26)11-14-9-16(22)19(17(10-14)27-2)28-12-13-4-6-15(23)7-5-13/h3-7,9-11H,1,8,12H2,2H3/b18-11+. The highest BCUT2D eigenvalue weighted by Crippen LogP contribution is 2.39. The average molecular weight is 495 g/mol. The van der Waals surface area contributed by atoms with Crippen molar-refractivity contribution in [1.29, 1.82) is 0 Å². The number of hydrogen-bond acceptors (Lipinski definition) is 5. The molecule has 0 atom stereocenters. The smallest absolute Gasteiger partial charge is 0.293 e. The molecule has 29 heavy (non-hydrogen) atoms. The van der Waals surface area contributed by atoms with Crippen LogP contribution in [0.15, 0.2) is 58.4 Å². The molecule has 0 spiro atoms. The molecule has 3 rings (SSSR count). The van der Waals surface area contributed by atoms with Crippen LogP contribution in [0.1, 0.15) is 11.1 Å². The van der Waals surface area contributed by atoms with Gasteiger partial charge >= 0.3 is 0 Å². The maximum atomic E-state index is 12.4. The van der Waals surface area contributed by atoms with Gasteiger partial charge in [-0.2, -0.15) is 0 Å². The van der Waals surface area contributed by atoms with E-state index in [0.29, 0.717) is 38.1 Å². The first-order chi connectivity index (χ1) is 13.9. The highest BCUT2D eigenvalue weighted by molar-refractivity contribution is 9.10. The van der Waals surface area contributed by atoms with Crippen molar-refractivity contribution in [1.82, 2.24) is 4.90 Å². The van der Waals surface area contributed by atoms with Crippen molar-refractivity contribution in [2.45, 2.75) is 6.61 Å². The van der Waals surface area contributed by atoms with Crippen LogP contribution in [0, 0.1) is 0 Å². The number of ether oxygens (including phenoxy) is 2. The van der Waals surface area contributed by atoms with Gasteiger partial charge in [0.15, 0.2) is 11.5 Å². The summed E-state index contributed by atoms with van der Waals surface area (Å²) in [5.74, 6) is 0.710. The van der Waals surface area contributed by atoms with Crippen LogP contribution < -0.4 is 9.47 Å². The second kappa shape index (κ2) is 9.52. The van der Waals surface area contributed by atoms with Gasteiger partial charge in [0, 0.05) is 11.6 Å². The van der Waals surface area contributed by atoms with Crippen molar-refractivity contribution in [3.63, 3.8) is 0 Å². The van der Waals surface area contributed by atoms with Crippen LogP contribution in [0.25, 0.3) is 6.08 Å². The Balaban J connectivity index is 1.83. The number of rotatable bonds is 7. The van der Waals surface area contributed by atoms with Gasteiger partial charge in [-0.3, -0.25) is 14.5 Å². The number of halogens is 2. The van der Waals surface area contributed by atoms with Gasteiger partial charge in [0.25, 0.3) is 11.1 Å². The first kappa shape index (κ1) is 21.5. The van der Waals surface area contributed by atoms with Gasteiger partial charge in [-0.1, -0.05) is 29.8 Å². The zero-order chi connectivity index (χ0) is 21.0. The highest BCUT2D eigenvalue weighted by atomic mass is 79.9. The molecule has 0 bridgehead atoms. The minimum atomic E-state index is -0.335. The molecule has 2 aromatic carbocycles. The van der Waals surface area contributed by atoms with Crippen molar-refractivity contribution in [2.75, 3.05) is 13.7 Å². The Morgan fingerprint density at radius 2 is 1.97 bits per heavy atom. The summed E-state index contributed by atoms with van der Waals surface area (Å²) >= 11 is 10.3. The zero-order valence-electron chi connectivity index (χ0n) is 15.5. The van der Waals surface area contributed by atoms with Crippen LogP contribution in [0.5, 0.6) is 11.5 Å². The van der Waals surface area contributed by atoms with E-state index in [2.05, 4.69) is 22.5 Å². The van der Waals surface area contributed by atoms with E-state index in [1.165, 1.54) is 6.08 Å². The normalized spacial score (nSPS) is 15.1. The molecule has 0 saturated carbocycles. The van der Waals surface area contributed by atoms with Gasteiger partial charge in [0.1, 0.15) is 6.61 Å². The Morgan fingerprint density at radius 1 is 1.24 bits per heavy atom. The molecular weight excluding hydrogens is 478 g/mol. The third-order valence-corrected chi connectivity index (χ3v) is 5.78. The Labute approximate surface area is 186 Å². The maximum Gasteiger partial charge on any atom is 0.293 e. The Bertz CT molecular complexity index is 991. The van der Waals surface area contributed by atoms with Crippen LogP contribution in [0.3, 0.4) is 0 Å². The number of carbonyl (C=O) groups excluding carboxylic acids is 2. The topological polar surface area (TPSA) is 55.8 Å². The van der Waals surface area contributed by atoms with E-state index < -0.39 is 0 Å².